The third kappa shape index (κ3) is 2.92. The summed E-state index contributed by atoms with van der Waals surface area (Å²) < 4.78 is 0. The molecular formula is C18H30BrNO. The second-order valence-electron chi connectivity index (χ2n) is 9.30. The molecule has 4 rings (SSSR count). The Hall–Kier alpha value is -0.0500. The Morgan fingerprint density at radius 1 is 1.14 bits per heavy atom. The number of carbonyl (C=O) groups excluding carboxylic acids is 1. The molecule has 4 aliphatic rings. The molecule has 2 nitrogen and oxygen atoms in total. The van der Waals surface area contributed by atoms with Gasteiger partial charge >= 0.3 is 0 Å². The minimum atomic E-state index is -0.0628. The van der Waals surface area contributed by atoms with Crippen molar-refractivity contribution in [1.82, 2.24) is 5.32 Å². The van der Waals surface area contributed by atoms with Crippen molar-refractivity contribution in [3.8, 4) is 0 Å². The standard InChI is InChI=1S/C18H30BrNO/c1-12(19)5-13(2)20-15(21)18-8-14-6-16(3,10-18)9-17(4,7-14)11-18/h12-14H,5-11H2,1-4H3,(H,20,21). The predicted octanol–water partition coefficient (Wildman–Crippen LogP) is 4.66. The normalized spacial score (nSPS) is 47.2. The monoisotopic (exact) mass is 355 g/mol. The first-order valence-electron chi connectivity index (χ1n) is 8.59. The molecule has 3 heteroatoms. The fourth-order valence-electron chi connectivity index (χ4n) is 6.62. The van der Waals surface area contributed by atoms with E-state index in [4.69, 9.17) is 0 Å². The Morgan fingerprint density at radius 2 is 1.71 bits per heavy atom. The van der Waals surface area contributed by atoms with Crippen molar-refractivity contribution < 1.29 is 4.79 Å². The van der Waals surface area contributed by atoms with Crippen LogP contribution in [0.25, 0.3) is 0 Å². The van der Waals surface area contributed by atoms with Gasteiger partial charge in [0.15, 0.2) is 0 Å². The molecule has 21 heavy (non-hydrogen) atoms. The molecule has 4 bridgehead atoms. The van der Waals surface area contributed by atoms with Crippen LogP contribution in [0.1, 0.15) is 72.6 Å². The van der Waals surface area contributed by atoms with Crippen molar-refractivity contribution in [1.29, 1.82) is 0 Å². The fourth-order valence-corrected chi connectivity index (χ4v) is 7.18. The lowest BCUT2D eigenvalue weighted by molar-refractivity contribution is -0.170. The number of alkyl halides is 1. The zero-order chi connectivity index (χ0) is 15.5. The van der Waals surface area contributed by atoms with Crippen LogP contribution in [0.3, 0.4) is 0 Å². The Morgan fingerprint density at radius 3 is 2.19 bits per heavy atom. The molecule has 4 aliphatic carbocycles. The average molecular weight is 356 g/mol. The van der Waals surface area contributed by atoms with E-state index in [0.29, 0.717) is 21.6 Å². The smallest absolute Gasteiger partial charge is 0.226 e. The van der Waals surface area contributed by atoms with Gasteiger partial charge in [0.05, 0.1) is 5.41 Å². The molecule has 0 aromatic carbocycles. The predicted molar refractivity (Wildman–Crippen MR) is 90.4 cm³/mol. The van der Waals surface area contributed by atoms with Crippen LogP contribution < -0.4 is 5.32 Å². The van der Waals surface area contributed by atoms with Crippen LogP contribution in [-0.4, -0.2) is 16.8 Å². The first kappa shape index (κ1) is 15.8. The molecule has 4 unspecified atom stereocenters. The topological polar surface area (TPSA) is 29.1 Å². The van der Waals surface area contributed by atoms with Crippen molar-refractivity contribution in [2.45, 2.75) is 83.5 Å². The van der Waals surface area contributed by atoms with E-state index in [0.717, 1.165) is 31.6 Å². The van der Waals surface area contributed by atoms with Gasteiger partial charge in [-0.15, -0.1) is 0 Å². The highest BCUT2D eigenvalue weighted by atomic mass is 79.9. The van der Waals surface area contributed by atoms with E-state index in [2.05, 4.69) is 48.9 Å². The Labute approximate surface area is 138 Å². The third-order valence-electron chi connectivity index (χ3n) is 6.16. The zero-order valence-electron chi connectivity index (χ0n) is 14.0. The molecule has 0 aromatic heterocycles. The molecule has 0 heterocycles. The number of halogens is 1. The molecule has 0 saturated heterocycles. The summed E-state index contributed by atoms with van der Waals surface area (Å²) in [6.45, 7) is 9.15. The minimum Gasteiger partial charge on any atom is -0.353 e. The van der Waals surface area contributed by atoms with Gasteiger partial charge in [-0.25, -0.2) is 0 Å². The quantitative estimate of drug-likeness (QED) is 0.729. The summed E-state index contributed by atoms with van der Waals surface area (Å²) in [4.78, 5) is 13.5. The van der Waals surface area contributed by atoms with Crippen molar-refractivity contribution in [2.75, 3.05) is 0 Å². The van der Waals surface area contributed by atoms with Crippen LogP contribution in [0.5, 0.6) is 0 Å². The third-order valence-corrected chi connectivity index (χ3v) is 6.54. The highest BCUT2D eigenvalue weighted by Gasteiger charge is 2.62. The maximum Gasteiger partial charge on any atom is 0.226 e. The van der Waals surface area contributed by atoms with Crippen LogP contribution in [0.4, 0.5) is 0 Å². The van der Waals surface area contributed by atoms with Gasteiger partial charge in [0.1, 0.15) is 0 Å². The molecule has 4 atom stereocenters. The maximum atomic E-state index is 13.0. The number of nitrogens with one attached hydrogen (secondary N) is 1. The fraction of sp³-hybridized carbons (Fsp3) is 0.944. The van der Waals surface area contributed by atoms with Gasteiger partial charge in [0.2, 0.25) is 5.91 Å². The average Bonchev–Trinajstić information content (AvgIpc) is 2.21. The van der Waals surface area contributed by atoms with Crippen molar-refractivity contribution in [2.24, 2.45) is 22.2 Å². The molecule has 0 radical (unpaired) electrons. The van der Waals surface area contributed by atoms with Gasteiger partial charge in [-0.3, -0.25) is 4.79 Å². The summed E-state index contributed by atoms with van der Waals surface area (Å²) in [5.41, 5.74) is 0.766. The van der Waals surface area contributed by atoms with Gasteiger partial charge in [-0.2, -0.15) is 0 Å². The minimum absolute atomic E-state index is 0.0628. The largest absolute Gasteiger partial charge is 0.353 e. The number of hydrogen-bond acceptors (Lipinski definition) is 1. The van der Waals surface area contributed by atoms with Crippen LogP contribution in [0, 0.1) is 22.2 Å². The van der Waals surface area contributed by atoms with Crippen molar-refractivity contribution in [3.63, 3.8) is 0 Å². The molecule has 1 N–H and O–H groups in total. The van der Waals surface area contributed by atoms with Crippen molar-refractivity contribution in [3.05, 3.63) is 0 Å². The van der Waals surface area contributed by atoms with E-state index >= 15 is 0 Å². The molecule has 4 fully saturated rings. The molecule has 4 saturated carbocycles. The molecular weight excluding hydrogens is 326 g/mol. The molecule has 120 valence electrons. The summed E-state index contributed by atoms with van der Waals surface area (Å²) in [6.07, 6.45) is 8.42. The lowest BCUT2D eigenvalue weighted by atomic mass is 9.40. The summed E-state index contributed by atoms with van der Waals surface area (Å²) in [6, 6.07) is 0.264. The molecule has 0 aromatic rings. The first-order valence-corrected chi connectivity index (χ1v) is 9.50. The first-order chi connectivity index (χ1) is 9.64. The number of amides is 1. The number of hydrogen-bond donors (Lipinski definition) is 1. The number of rotatable bonds is 4. The lowest BCUT2D eigenvalue weighted by Crippen LogP contribution is -2.60. The highest BCUT2D eigenvalue weighted by Crippen LogP contribution is 2.69. The summed E-state index contributed by atoms with van der Waals surface area (Å²) in [5.74, 6) is 1.14. The van der Waals surface area contributed by atoms with Gasteiger partial charge in [-0.05, 0) is 68.6 Å². The van der Waals surface area contributed by atoms with E-state index in [9.17, 15) is 4.79 Å². The van der Waals surface area contributed by atoms with Crippen LogP contribution >= 0.6 is 15.9 Å². The van der Waals surface area contributed by atoms with Gasteiger partial charge in [0.25, 0.3) is 0 Å². The van der Waals surface area contributed by atoms with E-state index in [1.165, 1.54) is 19.3 Å². The van der Waals surface area contributed by atoms with E-state index in [1.807, 2.05) is 0 Å². The molecule has 1 amide bonds. The lowest BCUT2D eigenvalue weighted by Gasteiger charge is -2.64. The van der Waals surface area contributed by atoms with Gasteiger partial charge < -0.3 is 5.32 Å². The van der Waals surface area contributed by atoms with E-state index < -0.39 is 0 Å². The Bertz CT molecular complexity index is 428. The second-order valence-corrected chi connectivity index (χ2v) is 10.9. The Balaban J connectivity index is 1.76. The number of carbonyl (C=O) groups is 1. The summed E-state index contributed by atoms with van der Waals surface area (Å²) in [5, 5.41) is 3.33. The van der Waals surface area contributed by atoms with Crippen LogP contribution in [0.2, 0.25) is 0 Å². The molecule has 0 spiro atoms. The maximum absolute atomic E-state index is 13.0. The zero-order valence-corrected chi connectivity index (χ0v) is 15.6. The second kappa shape index (κ2) is 4.97. The highest BCUT2D eigenvalue weighted by molar-refractivity contribution is 9.09. The van der Waals surface area contributed by atoms with Gasteiger partial charge in [-0.1, -0.05) is 36.7 Å². The summed E-state index contributed by atoms with van der Waals surface area (Å²) in [7, 11) is 0. The Kier molecular flexibility index (Phi) is 3.75. The van der Waals surface area contributed by atoms with Gasteiger partial charge in [0, 0.05) is 10.9 Å². The van der Waals surface area contributed by atoms with E-state index in [-0.39, 0.29) is 11.5 Å². The summed E-state index contributed by atoms with van der Waals surface area (Å²) >= 11 is 3.59. The molecule has 0 aliphatic heterocycles. The van der Waals surface area contributed by atoms with Crippen LogP contribution in [0.15, 0.2) is 0 Å². The van der Waals surface area contributed by atoms with Crippen LogP contribution in [-0.2, 0) is 4.79 Å². The SMILES string of the molecule is CC(Br)CC(C)NC(=O)C12CC3CC(C)(CC(C)(C3)C1)C2. The van der Waals surface area contributed by atoms with Crippen molar-refractivity contribution >= 4 is 21.8 Å². The van der Waals surface area contributed by atoms with E-state index in [1.54, 1.807) is 0 Å².